The van der Waals surface area contributed by atoms with Gasteiger partial charge >= 0.3 is 0 Å². The number of hydrogen-bond donors (Lipinski definition) is 2. The van der Waals surface area contributed by atoms with Crippen molar-refractivity contribution in [3.05, 3.63) is 0 Å². The first-order valence-electron chi connectivity index (χ1n) is 7.89. The predicted octanol–water partition coefficient (Wildman–Crippen LogP) is 2.11. The molecule has 4 heteroatoms. The second-order valence-electron chi connectivity index (χ2n) is 6.10. The molecule has 0 heterocycles. The molecule has 0 aromatic rings. The number of nitrogens with one attached hydrogen (secondary N) is 1. The van der Waals surface area contributed by atoms with Crippen molar-refractivity contribution in [2.24, 2.45) is 5.73 Å². The third-order valence-corrected chi connectivity index (χ3v) is 4.49. The van der Waals surface area contributed by atoms with E-state index in [1.807, 2.05) is 0 Å². The standard InChI is InChI=1S/C15H28N2O2/c16-15(9-5-6-10-15)14(18)17-11-12-19-13-7-3-1-2-4-8-13/h13H,1-12,16H2,(H,17,18). The van der Waals surface area contributed by atoms with E-state index in [4.69, 9.17) is 10.5 Å². The van der Waals surface area contributed by atoms with Crippen molar-refractivity contribution in [2.75, 3.05) is 13.2 Å². The maximum atomic E-state index is 12.0. The van der Waals surface area contributed by atoms with E-state index in [9.17, 15) is 4.79 Å². The Bertz CT molecular complexity index is 280. The Hall–Kier alpha value is -0.610. The van der Waals surface area contributed by atoms with Crippen molar-refractivity contribution < 1.29 is 9.53 Å². The summed E-state index contributed by atoms with van der Waals surface area (Å²) in [6.07, 6.45) is 11.8. The molecule has 0 saturated heterocycles. The molecule has 4 nitrogen and oxygen atoms in total. The number of carbonyl (C=O) groups is 1. The molecule has 0 spiro atoms. The summed E-state index contributed by atoms with van der Waals surface area (Å²) >= 11 is 0. The normalized spacial score (nSPS) is 24.1. The van der Waals surface area contributed by atoms with E-state index >= 15 is 0 Å². The minimum absolute atomic E-state index is 0.00877. The Morgan fingerprint density at radius 2 is 1.74 bits per heavy atom. The lowest BCUT2D eigenvalue weighted by atomic mass is 9.98. The van der Waals surface area contributed by atoms with Gasteiger partial charge in [-0.3, -0.25) is 4.79 Å². The molecule has 2 rings (SSSR count). The maximum absolute atomic E-state index is 12.0. The Kier molecular flexibility index (Phi) is 5.64. The van der Waals surface area contributed by atoms with Gasteiger partial charge in [0.05, 0.1) is 18.2 Å². The summed E-state index contributed by atoms with van der Waals surface area (Å²) in [5, 5.41) is 2.93. The highest BCUT2D eigenvalue weighted by atomic mass is 16.5. The van der Waals surface area contributed by atoms with Crippen LogP contribution in [0.3, 0.4) is 0 Å². The van der Waals surface area contributed by atoms with E-state index in [1.54, 1.807) is 0 Å². The van der Waals surface area contributed by atoms with Crippen LogP contribution in [0.15, 0.2) is 0 Å². The molecule has 0 aromatic carbocycles. The Balaban J connectivity index is 1.59. The molecule has 2 aliphatic rings. The van der Waals surface area contributed by atoms with E-state index in [0.717, 1.165) is 25.7 Å². The number of hydrogen-bond acceptors (Lipinski definition) is 3. The fourth-order valence-electron chi connectivity index (χ4n) is 3.21. The van der Waals surface area contributed by atoms with Gasteiger partial charge in [0.1, 0.15) is 0 Å². The first kappa shape index (κ1) is 14.8. The first-order chi connectivity index (χ1) is 9.21. The molecule has 19 heavy (non-hydrogen) atoms. The van der Waals surface area contributed by atoms with Crippen molar-refractivity contribution in [3.63, 3.8) is 0 Å². The molecule has 0 atom stereocenters. The van der Waals surface area contributed by atoms with Crippen LogP contribution in [0.4, 0.5) is 0 Å². The molecule has 0 bridgehead atoms. The molecular formula is C15H28N2O2. The van der Waals surface area contributed by atoms with Crippen LogP contribution in [0.2, 0.25) is 0 Å². The van der Waals surface area contributed by atoms with Gasteiger partial charge < -0.3 is 15.8 Å². The average molecular weight is 268 g/mol. The topological polar surface area (TPSA) is 64.4 Å². The van der Waals surface area contributed by atoms with Gasteiger partial charge in [-0.2, -0.15) is 0 Å². The molecular weight excluding hydrogens is 240 g/mol. The van der Waals surface area contributed by atoms with Crippen molar-refractivity contribution in [2.45, 2.75) is 75.9 Å². The molecule has 3 N–H and O–H groups in total. The number of carbonyl (C=O) groups excluding carboxylic acids is 1. The summed E-state index contributed by atoms with van der Waals surface area (Å²) in [5.74, 6) is 0.00877. The predicted molar refractivity (Wildman–Crippen MR) is 75.8 cm³/mol. The van der Waals surface area contributed by atoms with Gasteiger partial charge in [0, 0.05) is 6.54 Å². The van der Waals surface area contributed by atoms with Crippen molar-refractivity contribution in [3.8, 4) is 0 Å². The first-order valence-corrected chi connectivity index (χ1v) is 7.89. The van der Waals surface area contributed by atoms with Crippen molar-refractivity contribution in [1.29, 1.82) is 0 Å². The van der Waals surface area contributed by atoms with Crippen LogP contribution in [0.1, 0.15) is 64.2 Å². The number of nitrogens with two attached hydrogens (primary N) is 1. The monoisotopic (exact) mass is 268 g/mol. The zero-order chi connectivity index (χ0) is 13.6. The Morgan fingerprint density at radius 1 is 1.11 bits per heavy atom. The summed E-state index contributed by atoms with van der Waals surface area (Å²) in [5.41, 5.74) is 5.49. The maximum Gasteiger partial charge on any atom is 0.240 e. The highest BCUT2D eigenvalue weighted by Gasteiger charge is 2.36. The number of amides is 1. The zero-order valence-electron chi connectivity index (χ0n) is 12.0. The zero-order valence-corrected chi connectivity index (χ0v) is 12.0. The smallest absolute Gasteiger partial charge is 0.240 e. The van der Waals surface area contributed by atoms with Gasteiger partial charge in [-0.1, -0.05) is 38.5 Å². The van der Waals surface area contributed by atoms with Crippen LogP contribution in [0.5, 0.6) is 0 Å². The third kappa shape index (κ3) is 4.46. The molecule has 2 fully saturated rings. The second-order valence-corrected chi connectivity index (χ2v) is 6.10. The van der Waals surface area contributed by atoms with E-state index < -0.39 is 5.54 Å². The summed E-state index contributed by atoms with van der Waals surface area (Å²) in [4.78, 5) is 12.0. The molecule has 2 aliphatic carbocycles. The van der Waals surface area contributed by atoms with Crippen molar-refractivity contribution >= 4 is 5.91 Å². The Morgan fingerprint density at radius 3 is 2.37 bits per heavy atom. The molecule has 110 valence electrons. The molecule has 1 amide bonds. The van der Waals surface area contributed by atoms with E-state index in [1.165, 1.54) is 38.5 Å². The largest absolute Gasteiger partial charge is 0.376 e. The minimum atomic E-state index is -0.609. The summed E-state index contributed by atoms with van der Waals surface area (Å²) < 4.78 is 5.85. The SMILES string of the molecule is NC1(C(=O)NCCOC2CCCCCC2)CCCC1. The molecule has 0 radical (unpaired) electrons. The van der Waals surface area contributed by atoms with Crippen LogP contribution in [-0.2, 0) is 9.53 Å². The van der Waals surface area contributed by atoms with Gasteiger partial charge in [-0.05, 0) is 25.7 Å². The Labute approximate surface area is 116 Å². The number of ether oxygens (including phenoxy) is 1. The van der Waals surface area contributed by atoms with Crippen molar-refractivity contribution in [1.82, 2.24) is 5.32 Å². The van der Waals surface area contributed by atoms with Crippen LogP contribution in [0, 0.1) is 0 Å². The number of rotatable bonds is 5. The van der Waals surface area contributed by atoms with Crippen LogP contribution >= 0.6 is 0 Å². The third-order valence-electron chi connectivity index (χ3n) is 4.49. The summed E-state index contributed by atoms with van der Waals surface area (Å²) in [6.45, 7) is 1.21. The van der Waals surface area contributed by atoms with Gasteiger partial charge in [0.2, 0.25) is 5.91 Å². The van der Waals surface area contributed by atoms with Gasteiger partial charge in [-0.25, -0.2) is 0 Å². The highest BCUT2D eigenvalue weighted by molar-refractivity contribution is 5.86. The van der Waals surface area contributed by atoms with Crippen LogP contribution in [0.25, 0.3) is 0 Å². The van der Waals surface area contributed by atoms with E-state index in [0.29, 0.717) is 19.3 Å². The highest BCUT2D eigenvalue weighted by Crippen LogP contribution is 2.27. The summed E-state index contributed by atoms with van der Waals surface area (Å²) in [7, 11) is 0. The van der Waals surface area contributed by atoms with Crippen LogP contribution < -0.4 is 11.1 Å². The van der Waals surface area contributed by atoms with Crippen LogP contribution in [-0.4, -0.2) is 30.7 Å². The molecule has 0 unspecified atom stereocenters. The van der Waals surface area contributed by atoms with Gasteiger partial charge in [0.25, 0.3) is 0 Å². The minimum Gasteiger partial charge on any atom is -0.376 e. The van der Waals surface area contributed by atoms with Gasteiger partial charge in [-0.15, -0.1) is 0 Å². The molecule has 2 saturated carbocycles. The van der Waals surface area contributed by atoms with E-state index in [2.05, 4.69) is 5.32 Å². The lowest BCUT2D eigenvalue weighted by Gasteiger charge is -2.22. The lowest BCUT2D eigenvalue weighted by molar-refractivity contribution is -0.126. The van der Waals surface area contributed by atoms with Gasteiger partial charge in [0.15, 0.2) is 0 Å². The summed E-state index contributed by atoms with van der Waals surface area (Å²) in [6, 6.07) is 0. The lowest BCUT2D eigenvalue weighted by Crippen LogP contribution is -2.52. The fourth-order valence-corrected chi connectivity index (χ4v) is 3.21. The molecule has 0 aromatic heterocycles. The second kappa shape index (κ2) is 7.25. The quantitative estimate of drug-likeness (QED) is 0.593. The average Bonchev–Trinajstić information content (AvgIpc) is 2.70. The fraction of sp³-hybridized carbons (Fsp3) is 0.933. The molecule has 0 aliphatic heterocycles. The van der Waals surface area contributed by atoms with E-state index in [-0.39, 0.29) is 5.91 Å².